The number of ether oxygens (including phenoxy) is 2. The first-order chi connectivity index (χ1) is 5.55. The summed E-state index contributed by atoms with van der Waals surface area (Å²) in [7, 11) is 3.30. The van der Waals surface area contributed by atoms with Crippen LogP contribution in [0.25, 0.3) is 0 Å². The van der Waals surface area contributed by atoms with Crippen LogP contribution in [0.4, 0.5) is 0 Å². The van der Waals surface area contributed by atoms with Gasteiger partial charge in [0.1, 0.15) is 0 Å². The van der Waals surface area contributed by atoms with Gasteiger partial charge in [0.25, 0.3) is 0 Å². The van der Waals surface area contributed by atoms with Crippen molar-refractivity contribution >= 4 is 0 Å². The lowest BCUT2D eigenvalue weighted by molar-refractivity contribution is -0.101. The molecule has 0 atom stereocenters. The molecule has 0 saturated carbocycles. The molecule has 0 aliphatic rings. The molecule has 3 heteroatoms. The van der Waals surface area contributed by atoms with Crippen LogP contribution < -0.4 is 5.32 Å². The number of rotatable bonds is 6. The Bertz CT molecular complexity index is 111. The van der Waals surface area contributed by atoms with E-state index in [0.717, 1.165) is 13.0 Å². The highest BCUT2D eigenvalue weighted by atomic mass is 16.7. The quantitative estimate of drug-likeness (QED) is 0.619. The molecule has 12 heavy (non-hydrogen) atoms. The topological polar surface area (TPSA) is 30.5 Å². The zero-order valence-electron chi connectivity index (χ0n) is 8.81. The van der Waals surface area contributed by atoms with Gasteiger partial charge in [-0.2, -0.15) is 0 Å². The highest BCUT2D eigenvalue weighted by Gasteiger charge is 2.15. The summed E-state index contributed by atoms with van der Waals surface area (Å²) in [5.74, 6) is 0. The highest BCUT2D eigenvalue weighted by Crippen LogP contribution is 2.06. The van der Waals surface area contributed by atoms with E-state index in [0.29, 0.717) is 0 Å². The third-order valence-corrected chi connectivity index (χ3v) is 2.16. The number of methoxy groups -OCH3 is 2. The lowest BCUT2D eigenvalue weighted by atomic mass is 10.0. The molecule has 0 aliphatic carbocycles. The van der Waals surface area contributed by atoms with Crippen molar-refractivity contribution in [1.82, 2.24) is 5.32 Å². The summed E-state index contributed by atoms with van der Waals surface area (Å²) < 4.78 is 10.1. The van der Waals surface area contributed by atoms with Crippen molar-refractivity contribution in [2.24, 2.45) is 0 Å². The molecule has 0 fully saturated rings. The Labute approximate surface area is 75.4 Å². The van der Waals surface area contributed by atoms with Gasteiger partial charge in [-0.25, -0.2) is 0 Å². The van der Waals surface area contributed by atoms with Gasteiger partial charge in [-0.15, -0.1) is 0 Å². The molecule has 1 N–H and O–H groups in total. The zero-order valence-corrected chi connectivity index (χ0v) is 8.81. The second kappa shape index (κ2) is 5.51. The first-order valence-corrected chi connectivity index (χ1v) is 4.36. The Kier molecular flexibility index (Phi) is 5.46. The van der Waals surface area contributed by atoms with E-state index >= 15 is 0 Å². The second-order valence-electron chi connectivity index (χ2n) is 3.52. The average Bonchev–Trinajstić information content (AvgIpc) is 2.06. The van der Waals surface area contributed by atoms with Gasteiger partial charge in [-0.1, -0.05) is 6.92 Å². The Hall–Kier alpha value is -0.120. The largest absolute Gasteiger partial charge is 0.355 e. The van der Waals surface area contributed by atoms with Gasteiger partial charge in [0.05, 0.1) is 0 Å². The Morgan fingerprint density at radius 1 is 1.25 bits per heavy atom. The van der Waals surface area contributed by atoms with Crippen LogP contribution in [0, 0.1) is 0 Å². The van der Waals surface area contributed by atoms with Crippen LogP contribution in [-0.4, -0.2) is 32.6 Å². The van der Waals surface area contributed by atoms with E-state index in [4.69, 9.17) is 9.47 Å². The third kappa shape index (κ3) is 4.70. The summed E-state index contributed by atoms with van der Waals surface area (Å²) in [5.41, 5.74) is 0.162. The minimum atomic E-state index is -0.143. The smallest absolute Gasteiger partial charge is 0.169 e. The van der Waals surface area contributed by atoms with E-state index in [2.05, 4.69) is 26.1 Å². The van der Waals surface area contributed by atoms with Gasteiger partial charge in [-0.3, -0.25) is 0 Å². The van der Waals surface area contributed by atoms with Crippen molar-refractivity contribution in [3.05, 3.63) is 0 Å². The zero-order chi connectivity index (χ0) is 9.61. The van der Waals surface area contributed by atoms with Crippen LogP contribution in [0.15, 0.2) is 0 Å². The molecule has 0 unspecified atom stereocenters. The molecule has 0 heterocycles. The predicted molar refractivity (Wildman–Crippen MR) is 50.2 cm³/mol. The van der Waals surface area contributed by atoms with Crippen molar-refractivity contribution in [3.63, 3.8) is 0 Å². The molecule has 0 aliphatic heterocycles. The molecular formula is C9H21NO2. The number of hydrogen-bond donors (Lipinski definition) is 1. The summed E-state index contributed by atoms with van der Waals surface area (Å²) >= 11 is 0. The van der Waals surface area contributed by atoms with Crippen LogP contribution >= 0.6 is 0 Å². The van der Waals surface area contributed by atoms with Crippen LogP contribution in [0.5, 0.6) is 0 Å². The Morgan fingerprint density at radius 3 is 2.08 bits per heavy atom. The van der Waals surface area contributed by atoms with Crippen molar-refractivity contribution in [2.45, 2.75) is 39.0 Å². The molecule has 0 spiro atoms. The van der Waals surface area contributed by atoms with Gasteiger partial charge in [0.2, 0.25) is 0 Å². The van der Waals surface area contributed by atoms with Crippen molar-refractivity contribution in [1.29, 1.82) is 0 Å². The van der Waals surface area contributed by atoms with Crippen LogP contribution in [-0.2, 0) is 9.47 Å². The second-order valence-corrected chi connectivity index (χ2v) is 3.52. The molecule has 3 nitrogen and oxygen atoms in total. The molecule has 0 aromatic carbocycles. The van der Waals surface area contributed by atoms with Gasteiger partial charge >= 0.3 is 0 Å². The SMILES string of the molecule is CCC(C)(C)NCC(OC)OC. The standard InChI is InChI=1S/C9H21NO2/c1-6-9(2,3)10-7-8(11-4)12-5/h8,10H,6-7H2,1-5H3. The van der Waals surface area contributed by atoms with Crippen LogP contribution in [0.2, 0.25) is 0 Å². The Morgan fingerprint density at radius 2 is 1.75 bits per heavy atom. The van der Waals surface area contributed by atoms with E-state index in [1.165, 1.54) is 0 Å². The fourth-order valence-electron chi connectivity index (χ4n) is 0.748. The van der Waals surface area contributed by atoms with Gasteiger partial charge in [0, 0.05) is 26.3 Å². The maximum absolute atomic E-state index is 5.05. The van der Waals surface area contributed by atoms with E-state index in [1.807, 2.05) is 0 Å². The summed E-state index contributed by atoms with van der Waals surface area (Å²) in [6.07, 6.45) is 0.948. The first kappa shape index (κ1) is 11.9. The van der Waals surface area contributed by atoms with Crippen molar-refractivity contribution in [3.8, 4) is 0 Å². The third-order valence-electron chi connectivity index (χ3n) is 2.16. The first-order valence-electron chi connectivity index (χ1n) is 4.36. The van der Waals surface area contributed by atoms with E-state index in [-0.39, 0.29) is 11.8 Å². The molecule has 0 aromatic heterocycles. The maximum Gasteiger partial charge on any atom is 0.169 e. The summed E-state index contributed by atoms with van der Waals surface area (Å²) in [4.78, 5) is 0. The maximum atomic E-state index is 5.05. The molecule has 0 saturated heterocycles. The number of nitrogens with one attached hydrogen (secondary N) is 1. The van der Waals surface area contributed by atoms with E-state index in [9.17, 15) is 0 Å². The minimum Gasteiger partial charge on any atom is -0.355 e. The normalized spacial score (nSPS) is 12.5. The van der Waals surface area contributed by atoms with Crippen molar-refractivity contribution in [2.75, 3.05) is 20.8 Å². The molecule has 0 amide bonds. The lowest BCUT2D eigenvalue weighted by Crippen LogP contribution is -2.43. The van der Waals surface area contributed by atoms with Crippen LogP contribution in [0.1, 0.15) is 27.2 Å². The minimum absolute atomic E-state index is 0.143. The highest BCUT2D eigenvalue weighted by molar-refractivity contribution is 4.75. The van der Waals surface area contributed by atoms with E-state index in [1.54, 1.807) is 14.2 Å². The van der Waals surface area contributed by atoms with E-state index < -0.39 is 0 Å². The molecule has 0 rings (SSSR count). The average molecular weight is 175 g/mol. The van der Waals surface area contributed by atoms with Crippen LogP contribution in [0.3, 0.4) is 0 Å². The predicted octanol–water partition coefficient (Wildman–Crippen LogP) is 1.38. The molecule has 0 aromatic rings. The fraction of sp³-hybridized carbons (Fsp3) is 1.00. The monoisotopic (exact) mass is 175 g/mol. The molecule has 0 bridgehead atoms. The molecule has 74 valence electrons. The van der Waals surface area contributed by atoms with Gasteiger partial charge in [0.15, 0.2) is 6.29 Å². The van der Waals surface area contributed by atoms with Gasteiger partial charge < -0.3 is 14.8 Å². The summed E-state index contributed by atoms with van der Waals surface area (Å²) in [5, 5.41) is 3.36. The fourth-order valence-corrected chi connectivity index (χ4v) is 0.748. The molecule has 0 radical (unpaired) electrons. The summed E-state index contributed by atoms with van der Waals surface area (Å²) in [6, 6.07) is 0. The molecular weight excluding hydrogens is 154 g/mol. The number of hydrogen-bond acceptors (Lipinski definition) is 3. The van der Waals surface area contributed by atoms with Gasteiger partial charge in [-0.05, 0) is 20.3 Å². The van der Waals surface area contributed by atoms with Crippen molar-refractivity contribution < 1.29 is 9.47 Å². The lowest BCUT2D eigenvalue weighted by Gasteiger charge is -2.26. The summed E-state index contributed by atoms with van der Waals surface area (Å²) in [6.45, 7) is 7.21. The Balaban J connectivity index is 3.65.